The molecule has 1 saturated carbocycles. The van der Waals surface area contributed by atoms with Gasteiger partial charge in [-0.05, 0) is 36.6 Å². The summed E-state index contributed by atoms with van der Waals surface area (Å²) in [6, 6.07) is 6.30. The van der Waals surface area contributed by atoms with Gasteiger partial charge < -0.3 is 10.4 Å². The molecule has 3 nitrogen and oxygen atoms in total. The van der Waals surface area contributed by atoms with E-state index in [1.165, 1.54) is 18.6 Å². The number of hydrogen-bond acceptors (Lipinski definition) is 3. The molecule has 0 radical (unpaired) electrons. The molecule has 0 bridgehead atoms. The van der Waals surface area contributed by atoms with Gasteiger partial charge in [0.2, 0.25) is 0 Å². The molecular weight excluding hydrogens is 243 g/mol. The average molecular weight is 262 g/mol. The molecule has 2 N–H and O–H groups in total. The molecule has 4 heteroatoms. The highest BCUT2D eigenvalue weighted by molar-refractivity contribution is 5.33. The number of aliphatic hydroxyl groups is 1. The first-order valence-corrected chi connectivity index (χ1v) is 6.73. The first-order chi connectivity index (χ1) is 9.17. The molecule has 1 aromatic rings. The standard InChI is InChI=1S/C15H19FN2O/c16-14-7-12(9-17)6-13(8-14)10-18-15(11-19)4-2-1-3-5-15/h6-8,18-19H,1-5,10-11H2. The van der Waals surface area contributed by atoms with Crippen LogP contribution in [0.25, 0.3) is 0 Å². The monoisotopic (exact) mass is 262 g/mol. The third kappa shape index (κ3) is 3.52. The zero-order valence-electron chi connectivity index (χ0n) is 11.0. The maximum Gasteiger partial charge on any atom is 0.124 e. The van der Waals surface area contributed by atoms with Crippen molar-refractivity contribution in [2.45, 2.75) is 44.2 Å². The molecule has 2 rings (SSSR count). The van der Waals surface area contributed by atoms with Crippen molar-refractivity contribution in [1.82, 2.24) is 5.32 Å². The van der Waals surface area contributed by atoms with Crippen LogP contribution >= 0.6 is 0 Å². The normalized spacial score (nSPS) is 17.9. The fourth-order valence-corrected chi connectivity index (χ4v) is 2.73. The number of hydrogen-bond donors (Lipinski definition) is 2. The zero-order valence-corrected chi connectivity index (χ0v) is 11.0. The van der Waals surface area contributed by atoms with Crippen LogP contribution in [0.5, 0.6) is 0 Å². The Hall–Kier alpha value is -1.44. The third-order valence-electron chi connectivity index (χ3n) is 3.87. The van der Waals surface area contributed by atoms with Gasteiger partial charge in [0.25, 0.3) is 0 Å². The van der Waals surface area contributed by atoms with E-state index in [1.54, 1.807) is 6.07 Å². The SMILES string of the molecule is N#Cc1cc(F)cc(CNC2(CO)CCCCC2)c1. The van der Waals surface area contributed by atoms with Crippen molar-refractivity contribution >= 4 is 0 Å². The fourth-order valence-electron chi connectivity index (χ4n) is 2.73. The van der Waals surface area contributed by atoms with Crippen molar-refractivity contribution in [2.24, 2.45) is 0 Å². The minimum Gasteiger partial charge on any atom is -0.394 e. The number of nitrogens with one attached hydrogen (secondary N) is 1. The van der Waals surface area contributed by atoms with Gasteiger partial charge in [-0.2, -0.15) is 5.26 Å². The first kappa shape index (κ1) is 14.0. The van der Waals surface area contributed by atoms with E-state index >= 15 is 0 Å². The van der Waals surface area contributed by atoms with Gasteiger partial charge in [0, 0.05) is 12.1 Å². The molecule has 0 amide bonds. The summed E-state index contributed by atoms with van der Waals surface area (Å²) in [6.45, 7) is 0.584. The van der Waals surface area contributed by atoms with E-state index in [1.807, 2.05) is 6.07 Å². The Bertz CT molecular complexity index is 476. The second-order valence-electron chi connectivity index (χ2n) is 5.31. The molecule has 102 valence electrons. The van der Waals surface area contributed by atoms with E-state index in [4.69, 9.17) is 5.26 Å². The highest BCUT2D eigenvalue weighted by Crippen LogP contribution is 2.28. The van der Waals surface area contributed by atoms with E-state index in [-0.39, 0.29) is 12.1 Å². The van der Waals surface area contributed by atoms with E-state index in [9.17, 15) is 9.50 Å². The van der Waals surface area contributed by atoms with Gasteiger partial charge in [-0.15, -0.1) is 0 Å². The van der Waals surface area contributed by atoms with Gasteiger partial charge in [0.15, 0.2) is 0 Å². The van der Waals surface area contributed by atoms with Crippen molar-refractivity contribution < 1.29 is 9.50 Å². The summed E-state index contributed by atoms with van der Waals surface area (Å²) in [4.78, 5) is 0. The molecule has 0 atom stereocenters. The molecule has 0 unspecified atom stereocenters. The lowest BCUT2D eigenvalue weighted by molar-refractivity contribution is 0.119. The summed E-state index contributed by atoms with van der Waals surface area (Å²) >= 11 is 0. The Balaban J connectivity index is 2.05. The van der Waals surface area contributed by atoms with Crippen LogP contribution in [-0.4, -0.2) is 17.3 Å². The molecule has 1 aliphatic rings. The first-order valence-electron chi connectivity index (χ1n) is 6.73. The zero-order chi connectivity index (χ0) is 13.7. The largest absolute Gasteiger partial charge is 0.394 e. The summed E-state index contributed by atoms with van der Waals surface area (Å²) in [7, 11) is 0. The predicted molar refractivity (Wildman–Crippen MR) is 70.9 cm³/mol. The number of nitriles is 1. The second kappa shape index (κ2) is 6.14. The van der Waals surface area contributed by atoms with Crippen LogP contribution in [0.3, 0.4) is 0 Å². The van der Waals surface area contributed by atoms with Gasteiger partial charge in [0.05, 0.1) is 18.2 Å². The summed E-state index contributed by atoms with van der Waals surface area (Å²) in [5.74, 6) is -0.391. The highest BCUT2D eigenvalue weighted by Gasteiger charge is 2.30. The second-order valence-corrected chi connectivity index (χ2v) is 5.31. The summed E-state index contributed by atoms with van der Waals surface area (Å²) < 4.78 is 13.3. The van der Waals surface area contributed by atoms with Gasteiger partial charge in [-0.1, -0.05) is 19.3 Å². The number of rotatable bonds is 4. The lowest BCUT2D eigenvalue weighted by atomic mass is 9.82. The highest BCUT2D eigenvalue weighted by atomic mass is 19.1. The average Bonchev–Trinajstić information content (AvgIpc) is 2.45. The van der Waals surface area contributed by atoms with Crippen LogP contribution in [0, 0.1) is 17.1 Å². The van der Waals surface area contributed by atoms with Gasteiger partial charge in [0.1, 0.15) is 5.82 Å². The summed E-state index contributed by atoms with van der Waals surface area (Å²) in [5, 5.41) is 21.8. The number of nitrogens with zero attached hydrogens (tertiary/aromatic N) is 1. The van der Waals surface area contributed by atoms with Crippen LogP contribution in [0.15, 0.2) is 18.2 Å². The van der Waals surface area contributed by atoms with Crippen LogP contribution in [0.4, 0.5) is 4.39 Å². The predicted octanol–water partition coefficient (Wildman–Crippen LogP) is 2.48. The molecule has 1 aliphatic carbocycles. The number of aliphatic hydroxyl groups excluding tert-OH is 1. The molecule has 19 heavy (non-hydrogen) atoms. The summed E-state index contributed by atoms with van der Waals surface area (Å²) in [6.07, 6.45) is 5.33. The van der Waals surface area contributed by atoms with E-state index < -0.39 is 5.82 Å². The van der Waals surface area contributed by atoms with Crippen LogP contribution in [0.1, 0.15) is 43.2 Å². The lowest BCUT2D eigenvalue weighted by Crippen LogP contribution is -2.49. The molecule has 0 spiro atoms. The van der Waals surface area contributed by atoms with Crippen molar-refractivity contribution in [3.05, 3.63) is 35.1 Å². The Morgan fingerprint density at radius 3 is 2.63 bits per heavy atom. The van der Waals surface area contributed by atoms with Crippen LogP contribution in [-0.2, 0) is 6.54 Å². The Labute approximate surface area is 113 Å². The Morgan fingerprint density at radius 2 is 2.00 bits per heavy atom. The number of benzene rings is 1. The molecule has 0 heterocycles. The van der Waals surface area contributed by atoms with Crippen molar-refractivity contribution in [3.63, 3.8) is 0 Å². The van der Waals surface area contributed by atoms with Crippen LogP contribution in [0.2, 0.25) is 0 Å². The van der Waals surface area contributed by atoms with Crippen LogP contribution < -0.4 is 5.32 Å². The molecule has 0 saturated heterocycles. The molecule has 0 aliphatic heterocycles. The van der Waals surface area contributed by atoms with E-state index in [0.29, 0.717) is 12.1 Å². The Morgan fingerprint density at radius 1 is 1.26 bits per heavy atom. The maximum atomic E-state index is 13.3. The number of halogens is 1. The van der Waals surface area contributed by atoms with Gasteiger partial charge in [-0.25, -0.2) is 4.39 Å². The molecule has 1 fully saturated rings. The smallest absolute Gasteiger partial charge is 0.124 e. The topological polar surface area (TPSA) is 56.0 Å². The third-order valence-corrected chi connectivity index (χ3v) is 3.87. The lowest BCUT2D eigenvalue weighted by Gasteiger charge is -2.36. The molecule has 1 aromatic carbocycles. The Kier molecular flexibility index (Phi) is 4.52. The van der Waals surface area contributed by atoms with Gasteiger partial charge in [-0.3, -0.25) is 0 Å². The van der Waals surface area contributed by atoms with E-state index in [2.05, 4.69) is 5.32 Å². The van der Waals surface area contributed by atoms with Gasteiger partial charge >= 0.3 is 0 Å². The maximum absolute atomic E-state index is 13.3. The molecule has 0 aromatic heterocycles. The molecular formula is C15H19FN2O. The quantitative estimate of drug-likeness (QED) is 0.876. The van der Waals surface area contributed by atoms with E-state index in [0.717, 1.165) is 31.2 Å². The fraction of sp³-hybridized carbons (Fsp3) is 0.533. The van der Waals surface area contributed by atoms with Crippen molar-refractivity contribution in [3.8, 4) is 6.07 Å². The van der Waals surface area contributed by atoms with Crippen molar-refractivity contribution in [2.75, 3.05) is 6.61 Å². The minimum absolute atomic E-state index is 0.105. The summed E-state index contributed by atoms with van der Waals surface area (Å²) in [5.41, 5.74) is 0.839. The van der Waals surface area contributed by atoms with Crippen molar-refractivity contribution in [1.29, 1.82) is 5.26 Å². The minimum atomic E-state index is -0.391.